The molecule has 0 amide bonds. The molecule has 0 spiro atoms. The van der Waals surface area contributed by atoms with Gasteiger partial charge in [-0.15, -0.1) is 0 Å². The summed E-state index contributed by atoms with van der Waals surface area (Å²) in [7, 11) is 4.07. The fourth-order valence-electron chi connectivity index (χ4n) is 3.61. The van der Waals surface area contributed by atoms with Gasteiger partial charge < -0.3 is 24.4 Å². The second-order valence-electron chi connectivity index (χ2n) is 7.31. The van der Waals surface area contributed by atoms with Crippen LogP contribution in [0.1, 0.15) is 5.56 Å². The van der Waals surface area contributed by atoms with Crippen molar-refractivity contribution >= 4 is 23.3 Å². The summed E-state index contributed by atoms with van der Waals surface area (Å²) >= 11 is 0. The maximum absolute atomic E-state index is 11.8. The Morgan fingerprint density at radius 3 is 2.19 bits per heavy atom. The van der Waals surface area contributed by atoms with Crippen molar-refractivity contribution in [1.82, 2.24) is 4.90 Å². The molecule has 1 aliphatic heterocycles. The number of rotatable bonds is 8. The van der Waals surface area contributed by atoms with E-state index >= 15 is 0 Å². The van der Waals surface area contributed by atoms with Gasteiger partial charge in [0, 0.05) is 55.9 Å². The first-order chi connectivity index (χ1) is 15.5. The van der Waals surface area contributed by atoms with E-state index < -0.39 is 11.9 Å². The minimum atomic E-state index is -0.769. The summed E-state index contributed by atoms with van der Waals surface area (Å²) < 4.78 is 14.8. The monoisotopic (exact) mass is 439 g/mol. The van der Waals surface area contributed by atoms with Crippen LogP contribution >= 0.6 is 0 Å². The van der Waals surface area contributed by atoms with Gasteiger partial charge in [0.15, 0.2) is 5.57 Å². The van der Waals surface area contributed by atoms with Crippen LogP contribution in [0.5, 0.6) is 5.75 Å². The van der Waals surface area contributed by atoms with E-state index in [1.807, 2.05) is 24.3 Å². The zero-order valence-corrected chi connectivity index (χ0v) is 18.7. The number of piperazine rings is 1. The minimum Gasteiger partial charge on any atom is -0.496 e. The predicted octanol–water partition coefficient (Wildman–Crippen LogP) is 2.66. The van der Waals surface area contributed by atoms with Crippen LogP contribution in [0.2, 0.25) is 0 Å². The molecule has 0 atom stereocenters. The lowest BCUT2D eigenvalue weighted by Crippen LogP contribution is -2.46. The Labute approximate surface area is 188 Å². The molecule has 0 saturated carbocycles. The highest BCUT2D eigenvalue weighted by Gasteiger charge is 2.20. The number of nitrogens with one attached hydrogen (secondary N) is 1. The molecule has 8 heteroatoms. The number of methoxy groups -OCH3 is 3. The summed E-state index contributed by atoms with van der Waals surface area (Å²) in [6, 6.07) is 16.1. The fraction of sp³-hybridized carbons (Fsp3) is 0.333. The van der Waals surface area contributed by atoms with Crippen LogP contribution in [0.15, 0.2) is 60.3 Å². The van der Waals surface area contributed by atoms with E-state index in [-0.39, 0.29) is 5.57 Å². The molecule has 2 aromatic carbocycles. The number of hydrogen-bond acceptors (Lipinski definition) is 8. The maximum Gasteiger partial charge on any atom is 0.346 e. The largest absolute Gasteiger partial charge is 0.496 e. The van der Waals surface area contributed by atoms with Crippen LogP contribution in [0.3, 0.4) is 0 Å². The summed E-state index contributed by atoms with van der Waals surface area (Å²) in [5.74, 6) is -0.755. The Bertz CT molecular complexity index is 935. The molecule has 0 aromatic heterocycles. The van der Waals surface area contributed by atoms with Crippen LogP contribution in [-0.2, 0) is 25.6 Å². The van der Waals surface area contributed by atoms with Gasteiger partial charge in [-0.2, -0.15) is 0 Å². The first-order valence-corrected chi connectivity index (χ1v) is 10.4. The molecule has 32 heavy (non-hydrogen) atoms. The third-order valence-corrected chi connectivity index (χ3v) is 5.36. The van der Waals surface area contributed by atoms with Gasteiger partial charge >= 0.3 is 11.9 Å². The van der Waals surface area contributed by atoms with Crippen LogP contribution in [0.25, 0.3) is 0 Å². The van der Waals surface area contributed by atoms with E-state index in [1.165, 1.54) is 26.1 Å². The number of nitrogens with zero attached hydrogens (tertiary/aromatic N) is 2. The van der Waals surface area contributed by atoms with Gasteiger partial charge in [-0.3, -0.25) is 4.90 Å². The molecule has 0 unspecified atom stereocenters. The molecule has 1 aliphatic rings. The Hall–Kier alpha value is -3.52. The van der Waals surface area contributed by atoms with E-state index in [2.05, 4.69) is 48.9 Å². The van der Waals surface area contributed by atoms with E-state index in [0.717, 1.165) is 44.0 Å². The van der Waals surface area contributed by atoms with Gasteiger partial charge in [0.05, 0.1) is 21.3 Å². The lowest BCUT2D eigenvalue weighted by atomic mass is 10.1. The third-order valence-electron chi connectivity index (χ3n) is 5.36. The summed E-state index contributed by atoms with van der Waals surface area (Å²) in [6.07, 6.45) is 1.29. The zero-order chi connectivity index (χ0) is 22.9. The van der Waals surface area contributed by atoms with Crippen molar-refractivity contribution in [1.29, 1.82) is 0 Å². The third kappa shape index (κ3) is 5.79. The Balaban J connectivity index is 1.68. The maximum atomic E-state index is 11.8. The number of carbonyl (C=O) groups excluding carboxylic acids is 2. The van der Waals surface area contributed by atoms with Crippen molar-refractivity contribution in [2.45, 2.75) is 6.54 Å². The van der Waals surface area contributed by atoms with Crippen molar-refractivity contribution < 1.29 is 23.8 Å². The first-order valence-electron chi connectivity index (χ1n) is 10.4. The van der Waals surface area contributed by atoms with Gasteiger partial charge in [0.1, 0.15) is 5.75 Å². The van der Waals surface area contributed by atoms with Gasteiger partial charge in [-0.25, -0.2) is 9.59 Å². The van der Waals surface area contributed by atoms with Crippen molar-refractivity contribution in [3.63, 3.8) is 0 Å². The topological polar surface area (TPSA) is 80.3 Å². The van der Waals surface area contributed by atoms with Crippen LogP contribution in [0, 0.1) is 0 Å². The summed E-state index contributed by atoms with van der Waals surface area (Å²) in [5, 5.41) is 2.99. The predicted molar refractivity (Wildman–Crippen MR) is 123 cm³/mol. The molecular formula is C24H29N3O5. The number of hydrogen-bond donors (Lipinski definition) is 1. The number of anilines is 2. The SMILES string of the molecule is COC(=O)C(=CNc1ccc(OC)c(CN2CCN(c3ccccc3)CC2)c1)C(=O)OC. The fourth-order valence-corrected chi connectivity index (χ4v) is 3.61. The van der Waals surface area contributed by atoms with Crippen molar-refractivity contribution in [3.05, 3.63) is 65.9 Å². The van der Waals surface area contributed by atoms with Crippen LogP contribution < -0.4 is 15.0 Å². The molecule has 2 aromatic rings. The molecule has 1 fully saturated rings. The number of esters is 2. The molecule has 0 aliphatic carbocycles. The van der Waals surface area contributed by atoms with Gasteiger partial charge in [-0.05, 0) is 30.3 Å². The molecule has 1 heterocycles. The highest BCUT2D eigenvalue weighted by Crippen LogP contribution is 2.25. The molecule has 1 saturated heterocycles. The van der Waals surface area contributed by atoms with Gasteiger partial charge in [0.2, 0.25) is 0 Å². The number of carbonyl (C=O) groups is 2. The number of ether oxygens (including phenoxy) is 3. The van der Waals surface area contributed by atoms with E-state index in [1.54, 1.807) is 7.11 Å². The van der Waals surface area contributed by atoms with E-state index in [9.17, 15) is 9.59 Å². The van der Waals surface area contributed by atoms with Gasteiger partial charge in [0.25, 0.3) is 0 Å². The highest BCUT2D eigenvalue weighted by molar-refractivity contribution is 6.14. The molecule has 0 radical (unpaired) electrons. The molecule has 170 valence electrons. The summed E-state index contributed by atoms with van der Waals surface area (Å²) in [4.78, 5) is 28.4. The molecule has 3 rings (SSSR count). The lowest BCUT2D eigenvalue weighted by Gasteiger charge is -2.36. The quantitative estimate of drug-likeness (QED) is 0.291. The van der Waals surface area contributed by atoms with Crippen LogP contribution in [0.4, 0.5) is 11.4 Å². The van der Waals surface area contributed by atoms with E-state index in [0.29, 0.717) is 5.69 Å². The Morgan fingerprint density at radius 1 is 0.938 bits per heavy atom. The zero-order valence-electron chi connectivity index (χ0n) is 18.7. The van der Waals surface area contributed by atoms with Gasteiger partial charge in [-0.1, -0.05) is 18.2 Å². The Kier molecular flexibility index (Phi) is 8.10. The highest BCUT2D eigenvalue weighted by atomic mass is 16.5. The standard InChI is InChI=1S/C24H29N3O5/c1-30-22-10-9-19(25-16-21(23(28)31-2)24(29)32-3)15-18(22)17-26-11-13-27(14-12-26)20-7-5-4-6-8-20/h4-10,15-16,25H,11-14,17H2,1-3H3. The second kappa shape index (κ2) is 11.2. The Morgan fingerprint density at radius 2 is 1.59 bits per heavy atom. The normalized spacial score (nSPS) is 13.8. The second-order valence-corrected chi connectivity index (χ2v) is 7.31. The number of para-hydroxylation sites is 1. The summed E-state index contributed by atoms with van der Waals surface area (Å²) in [6.45, 7) is 4.50. The summed E-state index contributed by atoms with van der Waals surface area (Å²) in [5.41, 5.74) is 2.75. The lowest BCUT2D eigenvalue weighted by molar-refractivity contribution is -0.144. The average Bonchev–Trinajstić information content (AvgIpc) is 2.85. The van der Waals surface area contributed by atoms with E-state index in [4.69, 9.17) is 4.74 Å². The smallest absolute Gasteiger partial charge is 0.346 e. The van der Waals surface area contributed by atoms with Crippen molar-refractivity contribution in [3.8, 4) is 5.75 Å². The van der Waals surface area contributed by atoms with Crippen LogP contribution in [-0.4, -0.2) is 64.3 Å². The van der Waals surface area contributed by atoms with Crippen molar-refractivity contribution in [2.24, 2.45) is 0 Å². The molecule has 0 bridgehead atoms. The average molecular weight is 440 g/mol. The first kappa shape index (κ1) is 23.1. The minimum absolute atomic E-state index is 0.218. The van der Waals surface area contributed by atoms with Crippen molar-refractivity contribution in [2.75, 3.05) is 57.7 Å². The number of benzene rings is 2. The molecule has 1 N–H and O–H groups in total. The molecule has 8 nitrogen and oxygen atoms in total. The molecular weight excluding hydrogens is 410 g/mol.